The molecule has 0 spiro atoms. The monoisotopic (exact) mass is 311 g/mol. The maximum absolute atomic E-state index is 12.5. The topological polar surface area (TPSA) is 66.2 Å². The van der Waals surface area contributed by atoms with Crippen molar-refractivity contribution in [2.75, 3.05) is 7.11 Å². The van der Waals surface area contributed by atoms with E-state index in [2.05, 4.69) is 10.1 Å². The minimum atomic E-state index is -0.449. The molecule has 2 aromatic heterocycles. The number of esters is 1. The summed E-state index contributed by atoms with van der Waals surface area (Å²) in [6.07, 6.45) is 3.42. The third-order valence-corrected chi connectivity index (χ3v) is 3.84. The van der Waals surface area contributed by atoms with Crippen LogP contribution in [-0.2, 0) is 7.05 Å². The molecule has 118 valence electrons. The number of aryl methyl sites for hydroxylation is 2. The van der Waals surface area contributed by atoms with Crippen molar-refractivity contribution in [1.82, 2.24) is 14.8 Å². The van der Waals surface area contributed by atoms with Gasteiger partial charge in [0.15, 0.2) is 11.5 Å². The van der Waals surface area contributed by atoms with Crippen LogP contribution in [0.4, 0.5) is 0 Å². The van der Waals surface area contributed by atoms with E-state index < -0.39 is 5.97 Å². The number of ether oxygens (including phenoxy) is 2. The van der Waals surface area contributed by atoms with Gasteiger partial charge in [0, 0.05) is 30.5 Å². The fraction of sp³-hybridized carbons (Fsp3) is 0.235. The maximum atomic E-state index is 12.5. The van der Waals surface area contributed by atoms with E-state index in [1.807, 2.05) is 19.1 Å². The average Bonchev–Trinajstić information content (AvgIpc) is 2.79. The Labute approximate surface area is 133 Å². The first kappa shape index (κ1) is 15.0. The molecule has 0 aliphatic heterocycles. The third-order valence-electron chi connectivity index (χ3n) is 3.84. The lowest BCUT2D eigenvalue weighted by Gasteiger charge is -2.11. The first-order valence-electron chi connectivity index (χ1n) is 7.15. The number of nitrogens with zero attached hydrogens (tertiary/aromatic N) is 3. The Morgan fingerprint density at radius 2 is 1.91 bits per heavy atom. The van der Waals surface area contributed by atoms with E-state index in [1.165, 1.54) is 0 Å². The minimum absolute atomic E-state index is 0.362. The van der Waals surface area contributed by atoms with Crippen molar-refractivity contribution >= 4 is 16.7 Å². The standard InChI is InChI=1S/C17H17N3O3/c1-10-16(11(2)20(3)19-10)17(21)23-15-8-13-9-18-6-5-12(13)7-14(15)22-4/h5-9H,1-4H3. The van der Waals surface area contributed by atoms with Crippen molar-refractivity contribution in [1.29, 1.82) is 0 Å². The number of pyridine rings is 1. The number of hydrogen-bond donors (Lipinski definition) is 0. The highest BCUT2D eigenvalue weighted by atomic mass is 16.6. The molecule has 6 heteroatoms. The zero-order valence-electron chi connectivity index (χ0n) is 13.5. The van der Waals surface area contributed by atoms with Crippen molar-refractivity contribution in [3.05, 3.63) is 47.5 Å². The molecule has 0 N–H and O–H groups in total. The van der Waals surface area contributed by atoms with E-state index in [-0.39, 0.29) is 0 Å². The molecule has 0 saturated heterocycles. The van der Waals surface area contributed by atoms with Gasteiger partial charge >= 0.3 is 5.97 Å². The Hall–Kier alpha value is -2.89. The molecule has 1 aromatic carbocycles. The van der Waals surface area contributed by atoms with Crippen LogP contribution in [0, 0.1) is 13.8 Å². The summed E-state index contributed by atoms with van der Waals surface area (Å²) in [6.45, 7) is 3.61. The van der Waals surface area contributed by atoms with Crippen LogP contribution in [-0.4, -0.2) is 27.8 Å². The van der Waals surface area contributed by atoms with Gasteiger partial charge in [-0.15, -0.1) is 0 Å². The van der Waals surface area contributed by atoms with Gasteiger partial charge in [0.25, 0.3) is 0 Å². The first-order valence-corrected chi connectivity index (χ1v) is 7.15. The van der Waals surface area contributed by atoms with Gasteiger partial charge in [-0.3, -0.25) is 9.67 Å². The molecule has 0 radical (unpaired) electrons. The van der Waals surface area contributed by atoms with Gasteiger partial charge < -0.3 is 9.47 Å². The third kappa shape index (κ3) is 2.63. The molecule has 23 heavy (non-hydrogen) atoms. The van der Waals surface area contributed by atoms with E-state index in [4.69, 9.17) is 9.47 Å². The summed E-state index contributed by atoms with van der Waals surface area (Å²) < 4.78 is 12.6. The number of fused-ring (bicyclic) bond motifs is 1. The first-order chi connectivity index (χ1) is 11.0. The summed E-state index contributed by atoms with van der Waals surface area (Å²) in [7, 11) is 3.33. The number of benzene rings is 1. The summed E-state index contributed by atoms with van der Waals surface area (Å²) in [5, 5.41) is 6.07. The smallest absolute Gasteiger partial charge is 0.347 e. The molecule has 2 heterocycles. The van der Waals surface area contributed by atoms with Crippen LogP contribution in [0.15, 0.2) is 30.6 Å². The fourth-order valence-electron chi connectivity index (χ4n) is 2.55. The quantitative estimate of drug-likeness (QED) is 0.549. The molecule has 0 fully saturated rings. The Bertz CT molecular complexity index is 899. The Morgan fingerprint density at radius 3 is 2.57 bits per heavy atom. The lowest BCUT2D eigenvalue weighted by atomic mass is 10.1. The van der Waals surface area contributed by atoms with Crippen LogP contribution in [0.2, 0.25) is 0 Å². The van der Waals surface area contributed by atoms with Gasteiger partial charge in [-0.05, 0) is 37.4 Å². The number of carbonyl (C=O) groups is 1. The zero-order chi connectivity index (χ0) is 16.6. The Balaban J connectivity index is 2.01. The van der Waals surface area contributed by atoms with Crippen LogP contribution in [0.1, 0.15) is 21.7 Å². The van der Waals surface area contributed by atoms with E-state index in [1.54, 1.807) is 44.2 Å². The number of methoxy groups -OCH3 is 1. The van der Waals surface area contributed by atoms with Crippen molar-refractivity contribution in [2.45, 2.75) is 13.8 Å². The van der Waals surface area contributed by atoms with Crippen molar-refractivity contribution in [2.24, 2.45) is 7.05 Å². The molecule has 6 nitrogen and oxygen atoms in total. The summed E-state index contributed by atoms with van der Waals surface area (Å²) in [5.41, 5.74) is 1.87. The summed E-state index contributed by atoms with van der Waals surface area (Å²) in [4.78, 5) is 16.6. The lowest BCUT2D eigenvalue weighted by molar-refractivity contribution is 0.0728. The van der Waals surface area contributed by atoms with Gasteiger partial charge in [-0.1, -0.05) is 0 Å². The van der Waals surface area contributed by atoms with Crippen LogP contribution in [0.25, 0.3) is 10.8 Å². The SMILES string of the molecule is COc1cc2ccncc2cc1OC(=O)c1c(C)nn(C)c1C. The summed E-state index contributed by atoms with van der Waals surface area (Å²) in [5.74, 6) is 0.409. The molecule has 0 atom stereocenters. The lowest BCUT2D eigenvalue weighted by Crippen LogP contribution is -2.11. The summed E-state index contributed by atoms with van der Waals surface area (Å²) in [6, 6.07) is 5.45. The van der Waals surface area contributed by atoms with Crippen LogP contribution < -0.4 is 9.47 Å². The number of carbonyl (C=O) groups excluding carboxylic acids is 1. The second-order valence-corrected chi connectivity index (χ2v) is 5.28. The maximum Gasteiger partial charge on any atom is 0.347 e. The van der Waals surface area contributed by atoms with Crippen LogP contribution in [0.3, 0.4) is 0 Å². The molecule has 0 aliphatic rings. The highest BCUT2D eigenvalue weighted by molar-refractivity contribution is 5.94. The van der Waals surface area contributed by atoms with Crippen LogP contribution >= 0.6 is 0 Å². The van der Waals surface area contributed by atoms with Gasteiger partial charge in [-0.25, -0.2) is 4.79 Å². The Morgan fingerprint density at radius 1 is 1.17 bits per heavy atom. The van der Waals surface area contributed by atoms with Gasteiger partial charge in [0.2, 0.25) is 0 Å². The Kier molecular flexibility index (Phi) is 3.73. The number of hydrogen-bond acceptors (Lipinski definition) is 5. The van der Waals surface area contributed by atoms with Crippen LogP contribution in [0.5, 0.6) is 11.5 Å². The molecule has 0 unspecified atom stereocenters. The number of rotatable bonds is 3. The normalized spacial score (nSPS) is 10.8. The van der Waals surface area contributed by atoms with Crippen molar-refractivity contribution < 1.29 is 14.3 Å². The van der Waals surface area contributed by atoms with E-state index in [0.29, 0.717) is 22.8 Å². The second kappa shape index (κ2) is 5.72. The molecule has 0 aliphatic carbocycles. The van der Waals surface area contributed by atoms with Gasteiger partial charge in [0.1, 0.15) is 5.56 Å². The highest BCUT2D eigenvalue weighted by Crippen LogP contribution is 2.32. The van der Waals surface area contributed by atoms with Crippen molar-refractivity contribution in [3.63, 3.8) is 0 Å². The minimum Gasteiger partial charge on any atom is -0.493 e. The second-order valence-electron chi connectivity index (χ2n) is 5.28. The van der Waals surface area contributed by atoms with Gasteiger partial charge in [-0.2, -0.15) is 5.10 Å². The number of aromatic nitrogens is 3. The van der Waals surface area contributed by atoms with Crippen molar-refractivity contribution in [3.8, 4) is 11.5 Å². The molecular formula is C17H17N3O3. The predicted octanol–water partition coefficient (Wildman–Crippen LogP) is 2.81. The highest BCUT2D eigenvalue weighted by Gasteiger charge is 2.21. The molecular weight excluding hydrogens is 294 g/mol. The van der Waals surface area contributed by atoms with Gasteiger partial charge in [0.05, 0.1) is 12.8 Å². The zero-order valence-corrected chi connectivity index (χ0v) is 13.5. The molecule has 0 amide bonds. The molecule has 3 aromatic rings. The van der Waals surface area contributed by atoms with E-state index in [9.17, 15) is 4.79 Å². The molecule has 0 bridgehead atoms. The molecule has 3 rings (SSSR count). The van der Waals surface area contributed by atoms with E-state index in [0.717, 1.165) is 16.5 Å². The predicted molar refractivity (Wildman–Crippen MR) is 85.9 cm³/mol. The molecule has 0 saturated carbocycles. The average molecular weight is 311 g/mol. The fourth-order valence-corrected chi connectivity index (χ4v) is 2.55. The summed E-state index contributed by atoms with van der Waals surface area (Å²) >= 11 is 0. The largest absolute Gasteiger partial charge is 0.493 e. The van der Waals surface area contributed by atoms with E-state index >= 15 is 0 Å².